The van der Waals surface area contributed by atoms with E-state index in [-0.39, 0.29) is 11.6 Å². The molecule has 0 saturated heterocycles. The lowest BCUT2D eigenvalue weighted by atomic mass is 10.1. The predicted octanol–water partition coefficient (Wildman–Crippen LogP) is 1.94. The molecule has 0 atom stereocenters. The van der Waals surface area contributed by atoms with Crippen molar-refractivity contribution in [3.8, 4) is 17.5 Å². The van der Waals surface area contributed by atoms with Gasteiger partial charge in [0.25, 0.3) is 5.69 Å². The Kier molecular flexibility index (Phi) is 3.11. The molecule has 1 aromatic heterocycles. The lowest BCUT2D eigenvalue weighted by molar-refractivity contribution is -0.384. The number of nitrogens with zero attached hydrogens (tertiary/aromatic N) is 4. The van der Waals surface area contributed by atoms with Crippen LogP contribution in [0.4, 0.5) is 11.6 Å². The fraction of sp³-hybridized carbons (Fsp3) is 0. The summed E-state index contributed by atoms with van der Waals surface area (Å²) < 4.78 is 0. The molecular formula is C11H7N5O2. The van der Waals surface area contributed by atoms with Crippen LogP contribution in [0.5, 0.6) is 0 Å². The summed E-state index contributed by atoms with van der Waals surface area (Å²) in [5.41, 5.74) is 0.722. The molecule has 7 nitrogen and oxygen atoms in total. The molecule has 88 valence electrons. The first-order chi connectivity index (χ1) is 8.72. The maximum atomic E-state index is 10.9. The third-order valence-electron chi connectivity index (χ3n) is 2.20. The van der Waals surface area contributed by atoms with Gasteiger partial charge < -0.3 is 0 Å². The van der Waals surface area contributed by atoms with Gasteiger partial charge in [-0.25, -0.2) is 9.97 Å². The zero-order valence-electron chi connectivity index (χ0n) is 9.07. The Morgan fingerprint density at radius 2 is 2.11 bits per heavy atom. The average molecular weight is 241 g/mol. The number of aromatic nitrogens is 2. The van der Waals surface area contributed by atoms with Crippen LogP contribution in [0, 0.1) is 21.6 Å². The Morgan fingerprint density at radius 3 is 2.83 bits per heavy atom. The number of nitriles is 1. The largest absolute Gasteiger partial charge is 0.278 e. The molecule has 0 bridgehead atoms. The van der Waals surface area contributed by atoms with Gasteiger partial charge in [-0.3, -0.25) is 15.4 Å². The van der Waals surface area contributed by atoms with Crippen LogP contribution in [0.25, 0.3) is 11.3 Å². The Labute approximate surface area is 102 Å². The van der Waals surface area contributed by atoms with Crippen molar-refractivity contribution in [2.24, 2.45) is 0 Å². The minimum Gasteiger partial charge on any atom is -0.261 e. The van der Waals surface area contributed by atoms with Crippen molar-refractivity contribution >= 4 is 11.6 Å². The second-order valence-corrected chi connectivity index (χ2v) is 3.28. The van der Waals surface area contributed by atoms with E-state index in [4.69, 9.17) is 5.26 Å². The second-order valence-electron chi connectivity index (χ2n) is 3.28. The van der Waals surface area contributed by atoms with Crippen LogP contribution in [0.3, 0.4) is 0 Å². The summed E-state index contributed by atoms with van der Waals surface area (Å²) in [5, 5.41) is 21.7. The van der Waals surface area contributed by atoms with Crippen LogP contribution in [0.2, 0.25) is 0 Å². The van der Waals surface area contributed by atoms with Gasteiger partial charge in [0.1, 0.15) is 0 Å². The zero-order valence-corrected chi connectivity index (χ0v) is 9.07. The first kappa shape index (κ1) is 11.5. The van der Waals surface area contributed by atoms with Gasteiger partial charge in [-0.1, -0.05) is 12.1 Å². The Morgan fingerprint density at radius 1 is 1.33 bits per heavy atom. The highest BCUT2D eigenvalue weighted by Crippen LogP contribution is 2.27. The molecule has 0 amide bonds. The van der Waals surface area contributed by atoms with Crippen molar-refractivity contribution in [3.05, 3.63) is 46.6 Å². The first-order valence-electron chi connectivity index (χ1n) is 4.94. The van der Waals surface area contributed by atoms with E-state index in [0.717, 1.165) is 0 Å². The van der Waals surface area contributed by atoms with Crippen molar-refractivity contribution in [2.75, 3.05) is 5.32 Å². The smallest absolute Gasteiger partial charge is 0.261 e. The molecule has 1 heterocycles. The minimum atomic E-state index is -0.477. The molecule has 0 aliphatic heterocycles. The van der Waals surface area contributed by atoms with E-state index < -0.39 is 4.92 Å². The highest BCUT2D eigenvalue weighted by molar-refractivity contribution is 5.70. The van der Waals surface area contributed by atoms with Crippen LogP contribution in [0.15, 0.2) is 36.5 Å². The van der Waals surface area contributed by atoms with E-state index in [1.54, 1.807) is 30.5 Å². The molecule has 0 radical (unpaired) electrons. The van der Waals surface area contributed by atoms with Crippen molar-refractivity contribution in [2.45, 2.75) is 0 Å². The van der Waals surface area contributed by atoms with Crippen molar-refractivity contribution in [3.63, 3.8) is 0 Å². The van der Waals surface area contributed by atoms with Crippen LogP contribution >= 0.6 is 0 Å². The number of nitro groups is 1. The molecule has 0 spiro atoms. The normalized spacial score (nSPS) is 9.50. The number of para-hydroxylation sites is 1. The SMILES string of the molecule is N#CNc1nccc(-c2ccccc2[N+](=O)[O-])n1. The van der Waals surface area contributed by atoms with Gasteiger partial charge in [0.05, 0.1) is 16.2 Å². The van der Waals surface area contributed by atoms with Crippen molar-refractivity contribution in [1.82, 2.24) is 9.97 Å². The van der Waals surface area contributed by atoms with E-state index >= 15 is 0 Å². The maximum absolute atomic E-state index is 10.9. The van der Waals surface area contributed by atoms with Gasteiger partial charge in [0.15, 0.2) is 6.19 Å². The summed E-state index contributed by atoms with van der Waals surface area (Å²) in [6, 6.07) is 7.80. The molecule has 0 saturated carbocycles. The van der Waals surface area contributed by atoms with Gasteiger partial charge in [-0.05, 0) is 12.1 Å². The predicted molar refractivity (Wildman–Crippen MR) is 63.4 cm³/mol. The maximum Gasteiger partial charge on any atom is 0.278 e. The number of rotatable bonds is 3. The number of hydrogen-bond donors (Lipinski definition) is 1. The zero-order chi connectivity index (χ0) is 13.0. The standard InChI is InChI=1S/C11H7N5O2/c12-7-14-11-13-6-5-9(15-11)8-3-1-2-4-10(8)16(17)18/h1-6H,(H,13,14,15). The van der Waals surface area contributed by atoms with E-state index in [2.05, 4.69) is 15.3 Å². The minimum absolute atomic E-state index is 0.0425. The molecule has 0 fully saturated rings. The van der Waals surface area contributed by atoms with Crippen LogP contribution < -0.4 is 5.32 Å². The number of anilines is 1. The lowest BCUT2D eigenvalue weighted by Crippen LogP contribution is -1.98. The first-order valence-corrected chi connectivity index (χ1v) is 4.94. The van der Waals surface area contributed by atoms with Gasteiger partial charge >= 0.3 is 0 Å². The number of nitrogens with one attached hydrogen (secondary N) is 1. The quantitative estimate of drug-likeness (QED) is 0.381. The molecule has 2 rings (SSSR count). The Balaban J connectivity index is 2.52. The second kappa shape index (κ2) is 4.88. The summed E-state index contributed by atoms with van der Waals surface area (Å²) >= 11 is 0. The van der Waals surface area contributed by atoms with E-state index in [0.29, 0.717) is 11.3 Å². The molecule has 1 aromatic carbocycles. The van der Waals surface area contributed by atoms with Crippen molar-refractivity contribution < 1.29 is 4.92 Å². The molecule has 0 aliphatic carbocycles. The molecule has 1 N–H and O–H groups in total. The number of hydrogen-bond acceptors (Lipinski definition) is 6. The molecule has 0 unspecified atom stereocenters. The summed E-state index contributed by atoms with van der Waals surface area (Å²) in [6.07, 6.45) is 3.12. The van der Waals surface area contributed by atoms with E-state index in [1.165, 1.54) is 12.3 Å². The Bertz CT molecular complexity index is 635. The lowest BCUT2D eigenvalue weighted by Gasteiger charge is -2.03. The fourth-order valence-electron chi connectivity index (χ4n) is 1.47. The van der Waals surface area contributed by atoms with Crippen LogP contribution in [-0.2, 0) is 0 Å². The van der Waals surface area contributed by atoms with E-state index in [1.807, 2.05) is 0 Å². The van der Waals surface area contributed by atoms with Crippen LogP contribution in [0.1, 0.15) is 0 Å². The summed E-state index contributed by atoms with van der Waals surface area (Å²) in [7, 11) is 0. The van der Waals surface area contributed by atoms with Gasteiger partial charge in [-0.2, -0.15) is 5.26 Å². The molecular weight excluding hydrogens is 234 g/mol. The van der Waals surface area contributed by atoms with Gasteiger partial charge in [0, 0.05) is 12.3 Å². The fourth-order valence-corrected chi connectivity index (χ4v) is 1.47. The number of nitro benzene ring substituents is 1. The monoisotopic (exact) mass is 241 g/mol. The van der Waals surface area contributed by atoms with Crippen molar-refractivity contribution in [1.29, 1.82) is 5.26 Å². The summed E-state index contributed by atoms with van der Waals surface area (Å²) in [5.74, 6) is 0.105. The third-order valence-corrected chi connectivity index (χ3v) is 2.20. The average Bonchev–Trinajstić information content (AvgIpc) is 2.39. The Hall–Kier alpha value is -3.01. The summed E-state index contributed by atoms with van der Waals surface area (Å²) in [6.45, 7) is 0. The highest BCUT2D eigenvalue weighted by Gasteiger charge is 2.15. The molecule has 2 aromatic rings. The van der Waals surface area contributed by atoms with Gasteiger partial charge in [-0.15, -0.1) is 0 Å². The molecule has 0 aliphatic rings. The van der Waals surface area contributed by atoms with E-state index in [9.17, 15) is 10.1 Å². The van der Waals surface area contributed by atoms with Crippen LogP contribution in [-0.4, -0.2) is 14.9 Å². The van der Waals surface area contributed by atoms with Gasteiger partial charge in [0.2, 0.25) is 5.95 Å². The summed E-state index contributed by atoms with van der Waals surface area (Å²) in [4.78, 5) is 18.3. The molecule has 7 heteroatoms. The molecule has 18 heavy (non-hydrogen) atoms. The highest BCUT2D eigenvalue weighted by atomic mass is 16.6. The third kappa shape index (κ3) is 2.22. The topological polar surface area (TPSA) is 105 Å². The number of benzene rings is 1.